The van der Waals surface area contributed by atoms with Gasteiger partial charge in [-0.2, -0.15) is 0 Å². The van der Waals surface area contributed by atoms with Crippen LogP contribution >= 0.6 is 34.5 Å². The number of anilines is 1. The highest BCUT2D eigenvalue weighted by Crippen LogP contribution is 2.25. The Labute approximate surface area is 143 Å². The predicted molar refractivity (Wildman–Crippen MR) is 91.0 cm³/mol. The second-order valence-corrected chi connectivity index (χ2v) is 7.28. The van der Waals surface area contributed by atoms with Crippen molar-refractivity contribution >= 4 is 46.1 Å². The molecular formula is C15H15Cl2N3OS. The lowest BCUT2D eigenvalue weighted by Crippen LogP contribution is -2.28. The fraction of sp³-hybridized carbons (Fsp3) is 0.333. The van der Waals surface area contributed by atoms with Gasteiger partial charge in [-0.15, -0.1) is 11.3 Å². The first kappa shape index (κ1) is 15.6. The van der Waals surface area contributed by atoms with Gasteiger partial charge in [0.1, 0.15) is 9.34 Å². The Kier molecular flexibility index (Phi) is 4.86. The zero-order valence-electron chi connectivity index (χ0n) is 11.8. The van der Waals surface area contributed by atoms with Crippen LogP contribution in [0.5, 0.6) is 0 Å². The molecule has 4 nitrogen and oxygen atoms in total. The molecule has 0 atom stereocenters. The SMILES string of the molecule is O=C(c1cc(Cl)ccc1NCc1ncc(Cl)s1)N1CCCC1. The van der Waals surface area contributed by atoms with Crippen LogP contribution in [0.15, 0.2) is 24.4 Å². The number of amides is 1. The lowest BCUT2D eigenvalue weighted by molar-refractivity contribution is 0.0793. The van der Waals surface area contributed by atoms with Gasteiger partial charge < -0.3 is 10.2 Å². The van der Waals surface area contributed by atoms with Gasteiger partial charge in [-0.3, -0.25) is 4.79 Å². The Morgan fingerprint density at radius 1 is 1.32 bits per heavy atom. The van der Waals surface area contributed by atoms with Crippen LogP contribution in [0.4, 0.5) is 5.69 Å². The summed E-state index contributed by atoms with van der Waals surface area (Å²) < 4.78 is 0.654. The number of rotatable bonds is 4. The molecular weight excluding hydrogens is 341 g/mol. The van der Waals surface area contributed by atoms with Crippen molar-refractivity contribution in [3.63, 3.8) is 0 Å². The normalized spacial score (nSPS) is 14.4. The molecule has 1 aromatic heterocycles. The molecule has 1 N–H and O–H groups in total. The summed E-state index contributed by atoms with van der Waals surface area (Å²) in [7, 11) is 0. The number of hydrogen-bond donors (Lipinski definition) is 1. The minimum absolute atomic E-state index is 0.0275. The van der Waals surface area contributed by atoms with Crippen molar-refractivity contribution < 1.29 is 4.79 Å². The standard InChI is InChI=1S/C15H15Cl2N3OS/c16-10-3-4-12(18-9-14-19-8-13(17)22-14)11(7-10)15(21)20-5-1-2-6-20/h3-4,7-8,18H,1-2,5-6,9H2. The molecule has 0 radical (unpaired) electrons. The molecule has 0 saturated carbocycles. The molecule has 0 aliphatic carbocycles. The molecule has 0 bridgehead atoms. The van der Waals surface area contributed by atoms with Crippen molar-refractivity contribution in [1.29, 1.82) is 0 Å². The minimum atomic E-state index is 0.0275. The third kappa shape index (κ3) is 3.54. The van der Waals surface area contributed by atoms with Crippen LogP contribution in [-0.2, 0) is 6.54 Å². The van der Waals surface area contributed by atoms with Gasteiger partial charge in [-0.25, -0.2) is 4.98 Å². The molecule has 2 aromatic rings. The molecule has 22 heavy (non-hydrogen) atoms. The minimum Gasteiger partial charge on any atom is -0.378 e. The lowest BCUT2D eigenvalue weighted by atomic mass is 10.1. The molecule has 1 aromatic carbocycles. The van der Waals surface area contributed by atoms with E-state index in [1.165, 1.54) is 11.3 Å². The summed E-state index contributed by atoms with van der Waals surface area (Å²) in [6.07, 6.45) is 3.75. The maximum absolute atomic E-state index is 12.6. The van der Waals surface area contributed by atoms with E-state index in [0.717, 1.165) is 36.6 Å². The zero-order chi connectivity index (χ0) is 15.5. The van der Waals surface area contributed by atoms with E-state index in [-0.39, 0.29) is 5.91 Å². The van der Waals surface area contributed by atoms with Crippen molar-refractivity contribution in [1.82, 2.24) is 9.88 Å². The molecule has 2 heterocycles. The fourth-order valence-corrected chi connectivity index (χ4v) is 3.55. The van der Waals surface area contributed by atoms with Crippen molar-refractivity contribution in [3.8, 4) is 0 Å². The van der Waals surface area contributed by atoms with Crippen molar-refractivity contribution in [2.24, 2.45) is 0 Å². The van der Waals surface area contributed by atoms with Gasteiger partial charge in [-0.1, -0.05) is 23.2 Å². The van der Waals surface area contributed by atoms with Gasteiger partial charge >= 0.3 is 0 Å². The number of nitrogens with zero attached hydrogens (tertiary/aromatic N) is 2. The van der Waals surface area contributed by atoms with Gasteiger partial charge in [0.2, 0.25) is 0 Å². The molecule has 1 saturated heterocycles. The first-order valence-corrected chi connectivity index (χ1v) is 8.63. The van der Waals surface area contributed by atoms with E-state index in [1.807, 2.05) is 11.0 Å². The zero-order valence-corrected chi connectivity index (χ0v) is 14.1. The van der Waals surface area contributed by atoms with E-state index in [2.05, 4.69) is 10.3 Å². The number of halogens is 2. The van der Waals surface area contributed by atoms with Crippen LogP contribution in [0.1, 0.15) is 28.2 Å². The van der Waals surface area contributed by atoms with Gasteiger partial charge in [0, 0.05) is 23.8 Å². The van der Waals surface area contributed by atoms with Crippen LogP contribution in [0.2, 0.25) is 9.36 Å². The van der Waals surface area contributed by atoms with E-state index in [9.17, 15) is 4.79 Å². The van der Waals surface area contributed by atoms with Crippen molar-refractivity contribution in [2.45, 2.75) is 19.4 Å². The summed E-state index contributed by atoms with van der Waals surface area (Å²) in [5, 5.41) is 4.69. The van der Waals surface area contributed by atoms with E-state index < -0.39 is 0 Å². The topological polar surface area (TPSA) is 45.2 Å². The number of thiazole rings is 1. The predicted octanol–water partition coefficient (Wildman–Crippen LogP) is 4.30. The Morgan fingerprint density at radius 2 is 2.09 bits per heavy atom. The molecule has 7 heteroatoms. The number of carbonyl (C=O) groups is 1. The fourth-order valence-electron chi connectivity index (χ4n) is 2.48. The average molecular weight is 356 g/mol. The molecule has 1 aliphatic rings. The van der Waals surface area contributed by atoms with Crippen molar-refractivity contribution in [2.75, 3.05) is 18.4 Å². The van der Waals surface area contributed by atoms with Crippen LogP contribution in [0, 0.1) is 0 Å². The number of benzene rings is 1. The maximum atomic E-state index is 12.6. The van der Waals surface area contributed by atoms with E-state index in [4.69, 9.17) is 23.2 Å². The third-order valence-corrected chi connectivity index (χ3v) is 4.91. The number of hydrogen-bond acceptors (Lipinski definition) is 4. The van der Waals surface area contributed by atoms with E-state index >= 15 is 0 Å². The summed E-state index contributed by atoms with van der Waals surface area (Å²) in [6, 6.07) is 5.33. The van der Waals surface area contributed by atoms with Crippen LogP contribution in [0.25, 0.3) is 0 Å². The Hall–Kier alpha value is -1.30. The summed E-state index contributed by atoms with van der Waals surface area (Å²) in [6.45, 7) is 2.15. The largest absolute Gasteiger partial charge is 0.378 e. The molecule has 1 aliphatic heterocycles. The van der Waals surface area contributed by atoms with E-state index in [0.29, 0.717) is 21.5 Å². The van der Waals surface area contributed by atoms with Crippen LogP contribution in [0.3, 0.4) is 0 Å². The summed E-state index contributed by atoms with van der Waals surface area (Å²) >= 11 is 13.4. The molecule has 0 unspecified atom stereocenters. The van der Waals surface area contributed by atoms with Gasteiger partial charge in [0.15, 0.2) is 0 Å². The van der Waals surface area contributed by atoms with Crippen LogP contribution in [-0.4, -0.2) is 28.9 Å². The average Bonchev–Trinajstić information content (AvgIpc) is 3.16. The first-order chi connectivity index (χ1) is 10.6. The third-order valence-electron chi connectivity index (χ3n) is 3.56. The molecule has 1 fully saturated rings. The maximum Gasteiger partial charge on any atom is 0.256 e. The quantitative estimate of drug-likeness (QED) is 0.889. The Balaban J connectivity index is 1.79. The molecule has 0 spiro atoms. The second-order valence-electron chi connectivity index (χ2n) is 5.10. The molecule has 116 valence electrons. The number of nitrogens with one attached hydrogen (secondary N) is 1. The number of carbonyl (C=O) groups excluding carboxylic acids is 1. The Morgan fingerprint density at radius 3 is 2.77 bits per heavy atom. The van der Waals surface area contributed by atoms with Crippen molar-refractivity contribution in [3.05, 3.63) is 44.3 Å². The number of aromatic nitrogens is 1. The highest BCUT2D eigenvalue weighted by molar-refractivity contribution is 7.15. The van der Waals surface area contributed by atoms with Crippen LogP contribution < -0.4 is 5.32 Å². The highest BCUT2D eigenvalue weighted by atomic mass is 35.5. The Bertz CT molecular complexity index is 683. The summed E-state index contributed by atoms with van der Waals surface area (Å²) in [4.78, 5) is 18.7. The molecule has 1 amide bonds. The molecule has 3 rings (SSSR count). The highest BCUT2D eigenvalue weighted by Gasteiger charge is 2.22. The number of likely N-dealkylation sites (tertiary alicyclic amines) is 1. The van der Waals surface area contributed by atoms with Gasteiger partial charge in [-0.05, 0) is 31.0 Å². The lowest BCUT2D eigenvalue weighted by Gasteiger charge is -2.18. The van der Waals surface area contributed by atoms with Gasteiger partial charge in [0.25, 0.3) is 5.91 Å². The second kappa shape index (κ2) is 6.86. The summed E-state index contributed by atoms with van der Waals surface area (Å²) in [5.74, 6) is 0.0275. The van der Waals surface area contributed by atoms with Gasteiger partial charge in [0.05, 0.1) is 18.3 Å². The first-order valence-electron chi connectivity index (χ1n) is 7.06. The monoisotopic (exact) mass is 355 g/mol. The summed E-state index contributed by atoms with van der Waals surface area (Å²) in [5.41, 5.74) is 1.38. The van der Waals surface area contributed by atoms with E-state index in [1.54, 1.807) is 18.3 Å². The smallest absolute Gasteiger partial charge is 0.256 e.